The third kappa shape index (κ3) is 4.32. The smallest absolute Gasteiger partial charge is 0.251 e. The van der Waals surface area contributed by atoms with Crippen LogP contribution in [-0.2, 0) is 6.42 Å². The number of hydrogen-bond acceptors (Lipinski definition) is 3. The van der Waals surface area contributed by atoms with Gasteiger partial charge < -0.3 is 5.32 Å². The van der Waals surface area contributed by atoms with E-state index in [-0.39, 0.29) is 5.91 Å². The van der Waals surface area contributed by atoms with Gasteiger partial charge in [0, 0.05) is 29.5 Å². The Balaban J connectivity index is 1.48. The van der Waals surface area contributed by atoms with Crippen LogP contribution in [0.5, 0.6) is 0 Å². The van der Waals surface area contributed by atoms with E-state index < -0.39 is 0 Å². The first kappa shape index (κ1) is 16.0. The maximum Gasteiger partial charge on any atom is 0.251 e. The van der Waals surface area contributed by atoms with E-state index in [1.165, 1.54) is 32.1 Å². The van der Waals surface area contributed by atoms with Crippen molar-refractivity contribution in [1.29, 1.82) is 0 Å². The summed E-state index contributed by atoms with van der Waals surface area (Å²) >= 11 is 5.82. The predicted octanol–water partition coefficient (Wildman–Crippen LogP) is 3.48. The van der Waals surface area contributed by atoms with Gasteiger partial charge in [-0.3, -0.25) is 9.89 Å². The van der Waals surface area contributed by atoms with Gasteiger partial charge in [-0.25, -0.2) is 4.98 Å². The second-order valence-electron chi connectivity index (χ2n) is 5.99. The van der Waals surface area contributed by atoms with Crippen molar-refractivity contribution in [3.05, 3.63) is 46.5 Å². The number of aromatic nitrogens is 3. The maximum absolute atomic E-state index is 12.0. The highest BCUT2D eigenvalue weighted by atomic mass is 35.5. The minimum atomic E-state index is -0.103. The first-order valence-electron chi connectivity index (χ1n) is 8.17. The Kier molecular flexibility index (Phi) is 5.28. The zero-order valence-electron chi connectivity index (χ0n) is 13.0. The second kappa shape index (κ2) is 7.59. The van der Waals surface area contributed by atoms with Crippen molar-refractivity contribution < 1.29 is 4.79 Å². The molecule has 0 atom stereocenters. The van der Waals surface area contributed by atoms with E-state index in [9.17, 15) is 4.79 Å². The lowest BCUT2D eigenvalue weighted by Gasteiger charge is -2.18. The van der Waals surface area contributed by atoms with Crippen LogP contribution in [0.1, 0.15) is 60.0 Å². The van der Waals surface area contributed by atoms with Gasteiger partial charge in [-0.15, -0.1) is 0 Å². The van der Waals surface area contributed by atoms with Crippen molar-refractivity contribution in [3.63, 3.8) is 0 Å². The number of benzene rings is 1. The Labute approximate surface area is 140 Å². The quantitative estimate of drug-likeness (QED) is 0.880. The van der Waals surface area contributed by atoms with Gasteiger partial charge in [-0.1, -0.05) is 30.9 Å². The number of halogens is 1. The summed E-state index contributed by atoms with van der Waals surface area (Å²) in [7, 11) is 0. The molecule has 0 radical (unpaired) electrons. The lowest BCUT2D eigenvalue weighted by molar-refractivity contribution is 0.0954. The van der Waals surface area contributed by atoms with Crippen molar-refractivity contribution in [2.45, 2.75) is 44.4 Å². The van der Waals surface area contributed by atoms with Crippen LogP contribution in [0.4, 0.5) is 0 Å². The first-order chi connectivity index (χ1) is 11.2. The van der Waals surface area contributed by atoms with Crippen molar-refractivity contribution in [3.8, 4) is 0 Å². The SMILES string of the molecule is O=C(NCCc1nc(C2CCCCC2)n[nH]1)c1ccc(Cl)cc1. The lowest BCUT2D eigenvalue weighted by Crippen LogP contribution is -2.25. The van der Waals surface area contributed by atoms with E-state index in [0.29, 0.717) is 29.5 Å². The molecule has 0 bridgehead atoms. The minimum Gasteiger partial charge on any atom is -0.352 e. The van der Waals surface area contributed by atoms with Crippen molar-refractivity contribution >= 4 is 17.5 Å². The summed E-state index contributed by atoms with van der Waals surface area (Å²) in [6.07, 6.45) is 6.89. The molecule has 23 heavy (non-hydrogen) atoms. The number of amides is 1. The number of carbonyl (C=O) groups is 1. The van der Waals surface area contributed by atoms with Crippen LogP contribution < -0.4 is 5.32 Å². The fourth-order valence-corrected chi connectivity index (χ4v) is 3.09. The zero-order valence-corrected chi connectivity index (χ0v) is 13.8. The molecule has 6 heteroatoms. The largest absolute Gasteiger partial charge is 0.352 e. The predicted molar refractivity (Wildman–Crippen MR) is 89.7 cm³/mol. The molecule has 1 fully saturated rings. The zero-order chi connectivity index (χ0) is 16.1. The van der Waals surface area contributed by atoms with E-state index in [1.54, 1.807) is 24.3 Å². The molecule has 1 amide bonds. The summed E-state index contributed by atoms with van der Waals surface area (Å²) in [5.74, 6) is 2.16. The molecule has 1 saturated carbocycles. The molecule has 0 saturated heterocycles. The fourth-order valence-electron chi connectivity index (χ4n) is 2.96. The molecule has 0 aliphatic heterocycles. The summed E-state index contributed by atoms with van der Waals surface area (Å²) < 4.78 is 0. The second-order valence-corrected chi connectivity index (χ2v) is 6.42. The van der Waals surface area contributed by atoms with E-state index >= 15 is 0 Å². The Morgan fingerprint density at radius 2 is 1.96 bits per heavy atom. The number of rotatable bonds is 5. The summed E-state index contributed by atoms with van der Waals surface area (Å²) in [6.45, 7) is 0.529. The van der Waals surface area contributed by atoms with Crippen LogP contribution in [0, 0.1) is 0 Å². The van der Waals surface area contributed by atoms with Crippen LogP contribution in [0.3, 0.4) is 0 Å². The van der Waals surface area contributed by atoms with Gasteiger partial charge in [-0.05, 0) is 37.1 Å². The number of nitrogens with zero attached hydrogens (tertiary/aromatic N) is 2. The first-order valence-corrected chi connectivity index (χ1v) is 8.55. The number of hydrogen-bond donors (Lipinski definition) is 2. The third-order valence-electron chi connectivity index (χ3n) is 4.27. The number of carbonyl (C=O) groups excluding carboxylic acids is 1. The Morgan fingerprint density at radius 1 is 1.22 bits per heavy atom. The molecule has 5 nitrogen and oxygen atoms in total. The number of H-pyrrole nitrogens is 1. The summed E-state index contributed by atoms with van der Waals surface area (Å²) in [5.41, 5.74) is 0.606. The fraction of sp³-hybridized carbons (Fsp3) is 0.471. The van der Waals surface area contributed by atoms with Gasteiger partial charge in [-0.2, -0.15) is 5.10 Å². The molecule has 1 aromatic heterocycles. The number of aromatic amines is 1. The van der Waals surface area contributed by atoms with Crippen LogP contribution in [0.2, 0.25) is 5.02 Å². The van der Waals surface area contributed by atoms with Crippen LogP contribution in [-0.4, -0.2) is 27.6 Å². The lowest BCUT2D eigenvalue weighted by atomic mass is 9.89. The average Bonchev–Trinajstić information content (AvgIpc) is 3.05. The molecule has 0 unspecified atom stereocenters. The molecular weight excluding hydrogens is 312 g/mol. The Hall–Kier alpha value is -1.88. The highest BCUT2D eigenvalue weighted by Crippen LogP contribution is 2.30. The standard InChI is InChI=1S/C17H21ClN4O/c18-14-8-6-13(7-9-14)17(23)19-11-10-15-20-16(22-21-15)12-4-2-1-3-5-12/h6-9,12H,1-5,10-11H2,(H,19,23)(H,20,21,22). The molecule has 2 aromatic rings. The van der Waals surface area contributed by atoms with E-state index in [1.807, 2.05) is 0 Å². The molecule has 0 spiro atoms. The molecule has 1 aromatic carbocycles. The van der Waals surface area contributed by atoms with Gasteiger partial charge in [0.25, 0.3) is 5.91 Å². The summed E-state index contributed by atoms with van der Waals surface area (Å²) in [4.78, 5) is 16.6. The molecule has 2 N–H and O–H groups in total. The molecule has 1 aliphatic rings. The topological polar surface area (TPSA) is 70.7 Å². The van der Waals surface area contributed by atoms with Crippen molar-refractivity contribution in [2.75, 3.05) is 6.54 Å². The van der Waals surface area contributed by atoms with Gasteiger partial charge in [0.05, 0.1) is 0 Å². The molecule has 1 aliphatic carbocycles. The van der Waals surface area contributed by atoms with E-state index in [2.05, 4.69) is 20.5 Å². The summed E-state index contributed by atoms with van der Waals surface area (Å²) in [6, 6.07) is 6.85. The van der Waals surface area contributed by atoms with E-state index in [0.717, 1.165) is 11.6 Å². The monoisotopic (exact) mass is 332 g/mol. The molecular formula is C17H21ClN4O. The van der Waals surface area contributed by atoms with Gasteiger partial charge >= 0.3 is 0 Å². The van der Waals surface area contributed by atoms with Crippen LogP contribution >= 0.6 is 11.6 Å². The number of nitrogens with one attached hydrogen (secondary N) is 2. The Morgan fingerprint density at radius 3 is 2.70 bits per heavy atom. The molecule has 3 rings (SSSR count). The third-order valence-corrected chi connectivity index (χ3v) is 4.53. The summed E-state index contributed by atoms with van der Waals surface area (Å²) in [5, 5.41) is 10.8. The van der Waals surface area contributed by atoms with E-state index in [4.69, 9.17) is 11.6 Å². The van der Waals surface area contributed by atoms with Crippen LogP contribution in [0.25, 0.3) is 0 Å². The molecule has 122 valence electrons. The highest BCUT2D eigenvalue weighted by Gasteiger charge is 2.19. The van der Waals surface area contributed by atoms with Gasteiger partial charge in [0.2, 0.25) is 0 Å². The maximum atomic E-state index is 12.0. The van der Waals surface area contributed by atoms with Crippen molar-refractivity contribution in [1.82, 2.24) is 20.5 Å². The highest BCUT2D eigenvalue weighted by molar-refractivity contribution is 6.30. The van der Waals surface area contributed by atoms with Crippen molar-refractivity contribution in [2.24, 2.45) is 0 Å². The average molecular weight is 333 g/mol. The molecule has 1 heterocycles. The van der Waals surface area contributed by atoms with Gasteiger partial charge in [0.15, 0.2) is 5.82 Å². The minimum absolute atomic E-state index is 0.103. The Bertz CT molecular complexity index is 647. The normalized spacial score (nSPS) is 15.5. The van der Waals surface area contributed by atoms with Crippen LogP contribution in [0.15, 0.2) is 24.3 Å². The van der Waals surface area contributed by atoms with Gasteiger partial charge in [0.1, 0.15) is 5.82 Å².